The van der Waals surface area contributed by atoms with E-state index >= 15 is 0 Å². The van der Waals surface area contributed by atoms with Crippen LogP contribution in [0.3, 0.4) is 0 Å². The van der Waals surface area contributed by atoms with E-state index in [9.17, 15) is 4.79 Å². The lowest BCUT2D eigenvalue weighted by Crippen LogP contribution is -2.37. The third-order valence-corrected chi connectivity index (χ3v) is 4.04. The first-order valence-corrected chi connectivity index (χ1v) is 9.10. The Morgan fingerprint density at radius 1 is 1.04 bits per heavy atom. The Hall–Kier alpha value is -2.59. The maximum absolute atomic E-state index is 11.1. The zero-order chi connectivity index (χ0) is 18.8. The predicted molar refractivity (Wildman–Crippen MR) is 105 cm³/mol. The van der Waals surface area contributed by atoms with Crippen molar-refractivity contribution in [2.24, 2.45) is 0 Å². The molecule has 26 heavy (non-hydrogen) atoms. The first-order chi connectivity index (χ1) is 12.8. The van der Waals surface area contributed by atoms with Gasteiger partial charge in [0, 0.05) is 24.7 Å². The molecule has 0 atom stereocenters. The third-order valence-electron chi connectivity index (χ3n) is 4.04. The quantitative estimate of drug-likeness (QED) is 0.452. The minimum absolute atomic E-state index is 0.569. The molecule has 0 bridgehead atoms. The first kappa shape index (κ1) is 19.7. The summed E-state index contributed by atoms with van der Waals surface area (Å²) in [5, 5.41) is 0. The Labute approximate surface area is 156 Å². The average molecular weight is 353 g/mol. The van der Waals surface area contributed by atoms with Crippen molar-refractivity contribution in [3.8, 4) is 16.9 Å². The van der Waals surface area contributed by atoms with E-state index in [-0.39, 0.29) is 0 Å². The fraction of sp³-hybridized carbons (Fsp3) is 0.318. The molecule has 0 aromatic heterocycles. The Bertz CT molecular complexity index is 719. The molecule has 1 fully saturated rings. The van der Waals surface area contributed by atoms with E-state index in [1.165, 1.54) is 6.08 Å². The van der Waals surface area contributed by atoms with E-state index in [2.05, 4.69) is 12.1 Å². The van der Waals surface area contributed by atoms with Crippen LogP contribution in [0.25, 0.3) is 11.1 Å². The van der Waals surface area contributed by atoms with Gasteiger partial charge in [-0.25, -0.2) is 0 Å². The average Bonchev–Trinajstić information content (AvgIpc) is 2.72. The van der Waals surface area contributed by atoms with Crippen LogP contribution in [0.2, 0.25) is 0 Å². The number of ether oxygens (including phenoxy) is 2. The van der Waals surface area contributed by atoms with Crippen molar-refractivity contribution in [3.63, 3.8) is 0 Å². The number of aldehydes is 1. The zero-order valence-corrected chi connectivity index (χ0v) is 15.8. The molecule has 0 N–H and O–H groups in total. The summed E-state index contributed by atoms with van der Waals surface area (Å²) in [5.41, 5.74) is 3.13. The molecule has 1 saturated heterocycles. The van der Waals surface area contributed by atoms with Crippen LogP contribution in [0.5, 0.6) is 5.75 Å². The summed E-state index contributed by atoms with van der Waals surface area (Å²) >= 11 is 0. The summed E-state index contributed by atoms with van der Waals surface area (Å²) in [5.74, 6) is 1.35. The molecular weight excluding hydrogens is 326 g/mol. The lowest BCUT2D eigenvalue weighted by molar-refractivity contribution is -0.104. The van der Waals surface area contributed by atoms with Crippen LogP contribution < -0.4 is 4.74 Å². The smallest absolute Gasteiger partial charge is 0.199 e. The van der Waals surface area contributed by atoms with Crippen molar-refractivity contribution >= 4 is 6.29 Å². The highest BCUT2D eigenvalue weighted by Crippen LogP contribution is 2.34. The maximum Gasteiger partial charge on any atom is 0.199 e. The minimum atomic E-state index is 0.569. The summed E-state index contributed by atoms with van der Waals surface area (Å²) in [6, 6.07) is 16.2. The first-order valence-electron chi connectivity index (χ1n) is 9.10. The summed E-state index contributed by atoms with van der Waals surface area (Å²) in [6.07, 6.45) is 2.25. The fourth-order valence-electron chi connectivity index (χ4n) is 2.78. The van der Waals surface area contributed by atoms with E-state index in [4.69, 9.17) is 9.47 Å². The van der Waals surface area contributed by atoms with E-state index < -0.39 is 0 Å². The highest BCUT2D eigenvalue weighted by atomic mass is 16.5. The van der Waals surface area contributed by atoms with Crippen LogP contribution in [-0.2, 0) is 9.53 Å². The van der Waals surface area contributed by atoms with Gasteiger partial charge in [0.05, 0.1) is 13.2 Å². The maximum atomic E-state index is 11.1. The van der Waals surface area contributed by atoms with Gasteiger partial charge in [-0.1, -0.05) is 62.4 Å². The minimum Gasteiger partial charge on any atom is -0.440 e. The fourth-order valence-corrected chi connectivity index (χ4v) is 2.78. The van der Waals surface area contributed by atoms with Gasteiger partial charge in [-0.15, -0.1) is 0 Å². The molecular formula is C22H27NO3. The molecule has 0 amide bonds. The van der Waals surface area contributed by atoms with Gasteiger partial charge in [0.2, 0.25) is 0 Å². The number of allylic oxidation sites excluding steroid dienone is 1. The van der Waals surface area contributed by atoms with Crippen molar-refractivity contribution in [2.75, 3.05) is 26.3 Å². The molecule has 0 aliphatic carbocycles. The van der Waals surface area contributed by atoms with Gasteiger partial charge in [-0.3, -0.25) is 4.79 Å². The van der Waals surface area contributed by atoms with Crippen molar-refractivity contribution in [3.05, 3.63) is 66.1 Å². The van der Waals surface area contributed by atoms with Crippen LogP contribution in [0.15, 0.2) is 60.5 Å². The van der Waals surface area contributed by atoms with Crippen molar-refractivity contribution in [1.82, 2.24) is 4.90 Å². The number of hydrogen-bond acceptors (Lipinski definition) is 4. The number of benzene rings is 2. The monoisotopic (exact) mass is 353 g/mol. The predicted octanol–water partition coefficient (Wildman–Crippen LogP) is 4.44. The third kappa shape index (κ3) is 4.96. The van der Waals surface area contributed by atoms with Crippen molar-refractivity contribution in [1.29, 1.82) is 0 Å². The Balaban J connectivity index is 0.00000117. The number of para-hydroxylation sites is 1. The normalized spacial score (nSPS) is 14.3. The summed E-state index contributed by atoms with van der Waals surface area (Å²) < 4.78 is 11.6. The van der Waals surface area contributed by atoms with Crippen LogP contribution in [0.1, 0.15) is 19.4 Å². The summed E-state index contributed by atoms with van der Waals surface area (Å²) in [6.45, 7) is 8.72. The molecule has 4 nitrogen and oxygen atoms in total. The van der Waals surface area contributed by atoms with Gasteiger partial charge in [0.1, 0.15) is 12.0 Å². The lowest BCUT2D eigenvalue weighted by atomic mass is 10.0. The largest absolute Gasteiger partial charge is 0.440 e. The van der Waals surface area contributed by atoms with E-state index in [0.29, 0.717) is 32.2 Å². The summed E-state index contributed by atoms with van der Waals surface area (Å²) in [7, 11) is 0. The molecule has 4 heteroatoms. The molecule has 0 spiro atoms. The van der Waals surface area contributed by atoms with Crippen molar-refractivity contribution < 1.29 is 14.3 Å². The number of rotatable bonds is 5. The lowest BCUT2D eigenvalue weighted by Gasteiger charge is -2.30. The second-order valence-corrected chi connectivity index (χ2v) is 5.66. The van der Waals surface area contributed by atoms with E-state index in [1.54, 1.807) is 0 Å². The van der Waals surface area contributed by atoms with Crippen molar-refractivity contribution in [2.45, 2.75) is 20.8 Å². The molecule has 3 rings (SSSR count). The number of morpholine rings is 1. The van der Waals surface area contributed by atoms with Gasteiger partial charge in [0.25, 0.3) is 0 Å². The molecule has 1 heterocycles. The Morgan fingerprint density at radius 3 is 2.38 bits per heavy atom. The number of carbonyl (C=O) groups excluding carboxylic acids is 1. The highest BCUT2D eigenvalue weighted by molar-refractivity contribution is 5.72. The topological polar surface area (TPSA) is 38.8 Å². The second kappa shape index (κ2) is 10.4. The van der Waals surface area contributed by atoms with Gasteiger partial charge >= 0.3 is 0 Å². The Morgan fingerprint density at radius 2 is 1.73 bits per heavy atom. The molecule has 0 radical (unpaired) electrons. The zero-order valence-electron chi connectivity index (χ0n) is 15.8. The Kier molecular flexibility index (Phi) is 7.90. The van der Waals surface area contributed by atoms with Crippen LogP contribution in [-0.4, -0.2) is 37.5 Å². The van der Waals surface area contributed by atoms with Gasteiger partial charge in [-0.05, 0) is 18.1 Å². The number of hydrogen-bond donors (Lipinski definition) is 0. The SMILES string of the molecule is CC.Cc1cccc(-c2ccccc2)c1O/C(=C\C=O)N1CCOCC1. The molecule has 0 saturated carbocycles. The molecule has 0 unspecified atom stereocenters. The summed E-state index contributed by atoms with van der Waals surface area (Å²) in [4.78, 5) is 13.1. The second-order valence-electron chi connectivity index (χ2n) is 5.66. The van der Waals surface area contributed by atoms with E-state index in [0.717, 1.165) is 28.7 Å². The molecule has 2 aromatic rings. The van der Waals surface area contributed by atoms with Crippen LogP contribution in [0.4, 0.5) is 0 Å². The molecule has 1 aliphatic rings. The molecule has 2 aromatic carbocycles. The highest BCUT2D eigenvalue weighted by Gasteiger charge is 2.18. The number of aryl methyl sites for hydroxylation is 1. The van der Waals surface area contributed by atoms with Crippen LogP contribution >= 0.6 is 0 Å². The van der Waals surface area contributed by atoms with Gasteiger partial charge in [-0.2, -0.15) is 0 Å². The number of nitrogens with zero attached hydrogens (tertiary/aromatic N) is 1. The van der Waals surface area contributed by atoms with Gasteiger partial charge < -0.3 is 14.4 Å². The van der Waals surface area contributed by atoms with Crippen LogP contribution in [0, 0.1) is 6.92 Å². The van der Waals surface area contributed by atoms with Gasteiger partial charge in [0.15, 0.2) is 5.88 Å². The number of carbonyl (C=O) groups is 1. The van der Waals surface area contributed by atoms with E-state index in [1.807, 2.05) is 62.1 Å². The standard InChI is InChI=1S/C20H21NO3.C2H6/c1-16-6-5-9-18(17-7-3-2-4-8-17)20(16)24-19(10-13-22)21-11-14-23-15-12-21;1-2/h2-10,13H,11-12,14-15H2,1H3;1-2H3/b19-10-;. The molecule has 138 valence electrons. The molecule has 1 aliphatic heterocycles.